The van der Waals surface area contributed by atoms with Gasteiger partial charge in [0, 0.05) is 5.56 Å². The summed E-state index contributed by atoms with van der Waals surface area (Å²) in [5.74, 6) is -0.0211. The predicted molar refractivity (Wildman–Crippen MR) is 82.4 cm³/mol. The molecule has 2 rings (SSSR count). The molecule has 0 heterocycles. The second-order valence-electron chi connectivity index (χ2n) is 3.91. The molecule has 0 spiro atoms. The topological polar surface area (TPSA) is 38.3 Å². The van der Waals surface area contributed by atoms with E-state index in [1.165, 1.54) is 19.2 Å². The molecule has 2 aromatic rings. The van der Waals surface area contributed by atoms with Crippen molar-refractivity contribution in [2.45, 2.75) is 0 Å². The predicted octanol–water partition coefficient (Wildman–Crippen LogP) is 4.91. The van der Waals surface area contributed by atoms with Crippen molar-refractivity contribution < 1.29 is 9.53 Å². The van der Waals surface area contributed by atoms with Crippen LogP contribution in [-0.2, 0) is 0 Å². The average molecular weight is 331 g/mol. The van der Waals surface area contributed by atoms with Gasteiger partial charge in [0.05, 0.1) is 27.9 Å². The Kier molecular flexibility index (Phi) is 4.76. The van der Waals surface area contributed by atoms with Crippen LogP contribution in [0.25, 0.3) is 0 Å². The molecule has 3 nitrogen and oxygen atoms in total. The third kappa shape index (κ3) is 3.18. The number of hydrogen-bond acceptors (Lipinski definition) is 2. The summed E-state index contributed by atoms with van der Waals surface area (Å²) in [5, 5.41) is 3.68. The van der Waals surface area contributed by atoms with Gasteiger partial charge in [-0.3, -0.25) is 4.79 Å². The molecule has 1 N–H and O–H groups in total. The van der Waals surface area contributed by atoms with Gasteiger partial charge >= 0.3 is 0 Å². The summed E-state index contributed by atoms with van der Waals surface area (Å²) in [6, 6.07) is 9.91. The first kappa shape index (κ1) is 15.0. The molecule has 0 fully saturated rings. The van der Waals surface area contributed by atoms with Crippen LogP contribution in [0.1, 0.15) is 10.4 Å². The van der Waals surface area contributed by atoms with E-state index in [2.05, 4.69) is 5.32 Å². The van der Waals surface area contributed by atoms with Gasteiger partial charge in [-0.05, 0) is 24.3 Å². The maximum Gasteiger partial charge on any atom is 0.255 e. The Bertz CT molecular complexity index is 636. The van der Waals surface area contributed by atoms with Crippen LogP contribution in [0.4, 0.5) is 5.69 Å². The second kappa shape index (κ2) is 6.35. The van der Waals surface area contributed by atoms with Gasteiger partial charge in [0.2, 0.25) is 0 Å². The molecule has 0 aliphatic rings. The average Bonchev–Trinajstić information content (AvgIpc) is 2.41. The summed E-state index contributed by atoms with van der Waals surface area (Å²) in [5.41, 5.74) is 0.836. The lowest BCUT2D eigenvalue weighted by molar-refractivity contribution is 0.102. The van der Waals surface area contributed by atoms with Gasteiger partial charge in [-0.25, -0.2) is 0 Å². The Morgan fingerprint density at radius 3 is 2.20 bits per heavy atom. The maximum atomic E-state index is 12.1. The second-order valence-corrected chi connectivity index (χ2v) is 5.13. The van der Waals surface area contributed by atoms with Crippen LogP contribution in [0.2, 0.25) is 15.1 Å². The van der Waals surface area contributed by atoms with Crippen molar-refractivity contribution in [1.82, 2.24) is 0 Å². The molecule has 20 heavy (non-hydrogen) atoms. The number of nitrogens with one attached hydrogen (secondary N) is 1. The zero-order valence-electron chi connectivity index (χ0n) is 10.4. The van der Waals surface area contributed by atoms with Crippen molar-refractivity contribution in [2.75, 3.05) is 12.4 Å². The summed E-state index contributed by atoms with van der Waals surface area (Å²) in [7, 11) is 1.45. The van der Waals surface area contributed by atoms with Gasteiger partial charge in [0.1, 0.15) is 0 Å². The molecule has 1 amide bonds. The third-order valence-electron chi connectivity index (χ3n) is 2.59. The van der Waals surface area contributed by atoms with Gasteiger partial charge in [-0.2, -0.15) is 0 Å². The number of anilines is 1. The zero-order chi connectivity index (χ0) is 14.7. The summed E-state index contributed by atoms with van der Waals surface area (Å²) in [6.45, 7) is 0. The summed E-state index contributed by atoms with van der Waals surface area (Å²) in [6.07, 6.45) is 0. The van der Waals surface area contributed by atoms with Gasteiger partial charge in [0.15, 0.2) is 5.75 Å². The minimum Gasteiger partial charge on any atom is -0.494 e. The quantitative estimate of drug-likeness (QED) is 0.868. The van der Waals surface area contributed by atoms with Crippen LogP contribution >= 0.6 is 34.8 Å². The van der Waals surface area contributed by atoms with Crippen molar-refractivity contribution in [3.8, 4) is 5.75 Å². The van der Waals surface area contributed by atoms with E-state index in [-0.39, 0.29) is 16.0 Å². The first-order valence-corrected chi connectivity index (χ1v) is 6.75. The Hall–Kier alpha value is -1.42. The number of ether oxygens (including phenoxy) is 1. The van der Waals surface area contributed by atoms with Gasteiger partial charge < -0.3 is 10.1 Å². The molecule has 0 saturated heterocycles. The van der Waals surface area contributed by atoms with Crippen molar-refractivity contribution in [3.05, 3.63) is 57.0 Å². The minimum atomic E-state index is -0.357. The highest BCUT2D eigenvalue weighted by molar-refractivity contribution is 6.38. The fourth-order valence-corrected chi connectivity index (χ4v) is 2.47. The van der Waals surface area contributed by atoms with E-state index in [1.807, 2.05) is 0 Å². The molecular formula is C14H10Cl3NO2. The van der Waals surface area contributed by atoms with E-state index in [0.717, 1.165) is 0 Å². The number of benzene rings is 2. The molecule has 0 atom stereocenters. The Morgan fingerprint density at radius 1 is 1.05 bits per heavy atom. The fourth-order valence-electron chi connectivity index (χ4n) is 1.64. The Labute approximate surface area is 131 Å². The molecule has 0 radical (unpaired) electrons. The molecule has 104 valence electrons. The van der Waals surface area contributed by atoms with E-state index in [9.17, 15) is 4.79 Å². The Morgan fingerprint density at radius 2 is 1.65 bits per heavy atom. The molecule has 0 aliphatic heterocycles. The summed E-state index contributed by atoms with van der Waals surface area (Å²) < 4.78 is 5.03. The van der Waals surface area contributed by atoms with Gasteiger partial charge in [-0.1, -0.05) is 46.9 Å². The molecule has 0 unspecified atom stereocenters. The standard InChI is InChI=1S/C14H10Cl3NO2/c1-20-13-10(16)6-8(7-11(13)17)14(19)18-12-5-3-2-4-9(12)15/h2-7H,1H3,(H,18,19). The smallest absolute Gasteiger partial charge is 0.255 e. The minimum absolute atomic E-state index is 0.268. The molecular weight excluding hydrogens is 321 g/mol. The van der Waals surface area contributed by atoms with Crippen molar-refractivity contribution in [3.63, 3.8) is 0 Å². The van der Waals surface area contributed by atoms with Crippen LogP contribution < -0.4 is 10.1 Å². The molecule has 0 aliphatic carbocycles. The molecule has 2 aromatic carbocycles. The highest BCUT2D eigenvalue weighted by Gasteiger charge is 2.14. The number of hydrogen-bond donors (Lipinski definition) is 1. The SMILES string of the molecule is COc1c(Cl)cc(C(=O)Nc2ccccc2Cl)cc1Cl. The van der Waals surface area contributed by atoms with Crippen LogP contribution in [0.5, 0.6) is 5.75 Å². The number of carbonyl (C=O) groups is 1. The molecule has 0 aromatic heterocycles. The third-order valence-corrected chi connectivity index (χ3v) is 3.48. The first-order chi connectivity index (χ1) is 9.52. The van der Waals surface area contributed by atoms with Crippen LogP contribution in [0.15, 0.2) is 36.4 Å². The molecule has 6 heteroatoms. The van der Waals surface area contributed by atoms with Crippen LogP contribution in [-0.4, -0.2) is 13.0 Å². The Balaban J connectivity index is 2.29. The normalized spacial score (nSPS) is 10.2. The van der Waals surface area contributed by atoms with Gasteiger partial charge in [0.25, 0.3) is 5.91 Å². The maximum absolute atomic E-state index is 12.1. The lowest BCUT2D eigenvalue weighted by atomic mass is 10.2. The number of methoxy groups -OCH3 is 1. The van der Waals surface area contributed by atoms with E-state index in [4.69, 9.17) is 39.5 Å². The van der Waals surface area contributed by atoms with E-state index < -0.39 is 0 Å². The lowest BCUT2D eigenvalue weighted by Crippen LogP contribution is -2.12. The van der Waals surface area contributed by atoms with Crippen molar-refractivity contribution >= 4 is 46.4 Å². The largest absolute Gasteiger partial charge is 0.494 e. The van der Waals surface area contributed by atoms with Gasteiger partial charge in [-0.15, -0.1) is 0 Å². The fraction of sp³-hybridized carbons (Fsp3) is 0.0714. The summed E-state index contributed by atoms with van der Waals surface area (Å²) in [4.78, 5) is 12.1. The number of para-hydroxylation sites is 1. The monoisotopic (exact) mass is 329 g/mol. The van der Waals surface area contributed by atoms with Crippen LogP contribution in [0.3, 0.4) is 0 Å². The number of rotatable bonds is 3. The van der Waals surface area contributed by atoms with E-state index in [1.54, 1.807) is 24.3 Å². The van der Waals surface area contributed by atoms with Crippen LogP contribution in [0, 0.1) is 0 Å². The highest BCUT2D eigenvalue weighted by Crippen LogP contribution is 2.34. The van der Waals surface area contributed by atoms with Crippen molar-refractivity contribution in [1.29, 1.82) is 0 Å². The molecule has 0 bridgehead atoms. The molecule has 0 saturated carbocycles. The highest BCUT2D eigenvalue weighted by atomic mass is 35.5. The van der Waals surface area contributed by atoms with E-state index >= 15 is 0 Å². The summed E-state index contributed by atoms with van der Waals surface area (Å²) >= 11 is 18.0. The lowest BCUT2D eigenvalue weighted by Gasteiger charge is -2.10. The number of halogens is 3. The number of amides is 1. The number of carbonyl (C=O) groups excluding carboxylic acids is 1. The van der Waals surface area contributed by atoms with E-state index in [0.29, 0.717) is 22.0 Å². The first-order valence-electron chi connectivity index (χ1n) is 5.62. The zero-order valence-corrected chi connectivity index (χ0v) is 12.7. The van der Waals surface area contributed by atoms with Crippen molar-refractivity contribution in [2.24, 2.45) is 0 Å².